The number of amidine groups is 1. The van der Waals surface area contributed by atoms with Crippen LogP contribution < -0.4 is 10.1 Å². The second-order valence-electron chi connectivity index (χ2n) is 7.23. The van der Waals surface area contributed by atoms with Gasteiger partial charge >= 0.3 is 0 Å². The molecule has 0 unspecified atom stereocenters. The van der Waals surface area contributed by atoms with Gasteiger partial charge in [-0.25, -0.2) is 4.99 Å². The van der Waals surface area contributed by atoms with Crippen LogP contribution in [0.25, 0.3) is 6.08 Å². The number of benzene rings is 3. The number of aryl methyl sites for hydroxylation is 1. The molecule has 33 heavy (non-hydrogen) atoms. The Labute approximate surface area is 220 Å². The largest absolute Gasteiger partial charge is 0.488 e. The predicted octanol–water partition coefficient (Wildman–Crippen LogP) is 7.63. The van der Waals surface area contributed by atoms with Gasteiger partial charge in [-0.2, -0.15) is 0 Å². The van der Waals surface area contributed by atoms with Crippen LogP contribution in [-0.2, 0) is 17.8 Å². The van der Waals surface area contributed by atoms with Gasteiger partial charge in [0.2, 0.25) is 0 Å². The number of carbonyl (C=O) groups is 1. The number of hydrogen-bond donors (Lipinski definition) is 1. The van der Waals surface area contributed by atoms with Crippen LogP contribution in [0.15, 0.2) is 70.6 Å². The second-order valence-corrected chi connectivity index (χ2v) is 10.2. The zero-order chi connectivity index (χ0) is 23.4. The molecule has 0 spiro atoms. The van der Waals surface area contributed by atoms with Crippen molar-refractivity contribution in [2.45, 2.75) is 20.0 Å². The summed E-state index contributed by atoms with van der Waals surface area (Å²) in [5, 5.41) is 4.43. The summed E-state index contributed by atoms with van der Waals surface area (Å²) >= 11 is 15.6. The number of aliphatic imine (C=N–C) groups is 1. The molecule has 0 bridgehead atoms. The summed E-state index contributed by atoms with van der Waals surface area (Å²) in [6, 6.07) is 19.2. The summed E-state index contributed by atoms with van der Waals surface area (Å²) in [7, 11) is 0. The maximum absolute atomic E-state index is 12.4. The third kappa shape index (κ3) is 6.32. The van der Waals surface area contributed by atoms with Crippen LogP contribution in [0.5, 0.6) is 5.75 Å². The van der Waals surface area contributed by atoms with Gasteiger partial charge in [0.1, 0.15) is 12.4 Å². The molecule has 1 N–H and O–H groups in total. The Bertz CT molecular complexity index is 1260. The lowest BCUT2D eigenvalue weighted by atomic mass is 10.2. The van der Waals surface area contributed by atoms with Crippen molar-refractivity contribution in [3.05, 3.63) is 95.9 Å². The molecule has 168 valence electrons. The Kier molecular flexibility index (Phi) is 8.01. The van der Waals surface area contributed by atoms with Crippen molar-refractivity contribution in [3.63, 3.8) is 0 Å². The first-order valence-electron chi connectivity index (χ1n) is 10.2. The number of halogens is 3. The third-order valence-corrected chi connectivity index (χ3v) is 7.35. The van der Waals surface area contributed by atoms with Crippen LogP contribution >= 0.6 is 57.6 Å². The number of amides is 1. The van der Waals surface area contributed by atoms with E-state index in [4.69, 9.17) is 27.9 Å². The van der Waals surface area contributed by atoms with E-state index in [2.05, 4.69) is 39.8 Å². The molecule has 0 radical (unpaired) electrons. The molecule has 1 fully saturated rings. The fourth-order valence-corrected chi connectivity index (χ4v) is 4.93. The van der Waals surface area contributed by atoms with Crippen molar-refractivity contribution < 1.29 is 9.53 Å². The molecule has 0 aliphatic carbocycles. The normalized spacial score (nSPS) is 15.8. The Morgan fingerprint density at radius 3 is 2.48 bits per heavy atom. The van der Waals surface area contributed by atoms with Crippen LogP contribution in [0.4, 0.5) is 5.69 Å². The molecule has 3 aromatic carbocycles. The zero-order valence-corrected chi connectivity index (χ0v) is 22.1. The SMILES string of the molecule is CCc1ccc(N=C2NC(=O)/C(=C/c3ccc(OCc4ccc(Cl)c(Cl)c4)c(I)c3)S2)cc1. The molecule has 1 aliphatic rings. The first kappa shape index (κ1) is 24.1. The molecule has 4 nitrogen and oxygen atoms in total. The minimum atomic E-state index is -0.154. The standard InChI is InChI=1S/C25H19Cl2IN2O2S/c1-2-15-3-7-18(8-4-15)29-25-30-24(31)23(33-25)13-16-6-10-22(21(28)12-16)32-14-17-5-9-19(26)20(27)11-17/h3-13H,2,14H2,1H3,(H,29,30,31)/b23-13-. The molecule has 1 aliphatic heterocycles. The van der Waals surface area contributed by atoms with E-state index < -0.39 is 0 Å². The van der Waals surface area contributed by atoms with E-state index in [-0.39, 0.29) is 5.91 Å². The van der Waals surface area contributed by atoms with Crippen molar-refractivity contribution in [2.75, 3.05) is 0 Å². The lowest BCUT2D eigenvalue weighted by Gasteiger charge is -2.10. The van der Waals surface area contributed by atoms with Crippen LogP contribution in [0.1, 0.15) is 23.6 Å². The molecule has 0 atom stereocenters. The van der Waals surface area contributed by atoms with Crippen molar-refractivity contribution in [2.24, 2.45) is 4.99 Å². The summed E-state index contributed by atoms with van der Waals surface area (Å²) < 4.78 is 6.87. The molecule has 0 saturated carbocycles. The summed E-state index contributed by atoms with van der Waals surface area (Å²) in [4.78, 5) is 17.6. The molecule has 3 aromatic rings. The van der Waals surface area contributed by atoms with E-state index in [9.17, 15) is 4.79 Å². The Morgan fingerprint density at radius 2 is 1.79 bits per heavy atom. The van der Waals surface area contributed by atoms with E-state index >= 15 is 0 Å². The van der Waals surface area contributed by atoms with Gasteiger partial charge in [0.15, 0.2) is 5.17 Å². The van der Waals surface area contributed by atoms with Gasteiger partial charge in [-0.3, -0.25) is 4.79 Å². The van der Waals surface area contributed by atoms with Crippen molar-refractivity contribution in [1.29, 1.82) is 0 Å². The lowest BCUT2D eigenvalue weighted by Crippen LogP contribution is -2.19. The fourth-order valence-electron chi connectivity index (χ4n) is 3.07. The number of rotatable bonds is 6. The Hall–Kier alpha value is -2.00. The number of hydrogen-bond acceptors (Lipinski definition) is 4. The summed E-state index contributed by atoms with van der Waals surface area (Å²) in [5.41, 5.74) is 3.91. The Balaban J connectivity index is 1.43. The molecular formula is C25H19Cl2IN2O2S. The Morgan fingerprint density at radius 1 is 1.03 bits per heavy atom. The van der Waals surface area contributed by atoms with Crippen LogP contribution in [0.2, 0.25) is 10.0 Å². The highest BCUT2D eigenvalue weighted by Gasteiger charge is 2.23. The fraction of sp³-hybridized carbons (Fsp3) is 0.120. The molecular weight excluding hydrogens is 590 g/mol. The van der Waals surface area contributed by atoms with Crippen molar-refractivity contribution >= 4 is 80.4 Å². The lowest BCUT2D eigenvalue weighted by molar-refractivity contribution is -0.115. The highest BCUT2D eigenvalue weighted by Crippen LogP contribution is 2.30. The molecule has 1 saturated heterocycles. The number of thioether (sulfide) groups is 1. The van der Waals surface area contributed by atoms with Gasteiger partial charge in [-0.1, -0.05) is 54.4 Å². The second kappa shape index (κ2) is 11.0. The molecule has 1 heterocycles. The van der Waals surface area contributed by atoms with E-state index in [1.807, 2.05) is 54.6 Å². The first-order valence-corrected chi connectivity index (χ1v) is 12.8. The van der Waals surface area contributed by atoms with E-state index in [0.717, 1.165) is 32.6 Å². The minimum absolute atomic E-state index is 0.154. The van der Waals surface area contributed by atoms with Gasteiger partial charge in [0.05, 0.1) is 24.2 Å². The predicted molar refractivity (Wildman–Crippen MR) is 147 cm³/mol. The average molecular weight is 609 g/mol. The topological polar surface area (TPSA) is 50.7 Å². The van der Waals surface area contributed by atoms with Crippen LogP contribution in [0.3, 0.4) is 0 Å². The van der Waals surface area contributed by atoms with Gasteiger partial charge in [-0.05, 0) is 99.9 Å². The molecule has 0 aromatic heterocycles. The minimum Gasteiger partial charge on any atom is -0.488 e. The number of nitrogens with zero attached hydrogens (tertiary/aromatic N) is 1. The third-order valence-electron chi connectivity index (χ3n) is 4.86. The van der Waals surface area contributed by atoms with Gasteiger partial charge in [-0.15, -0.1) is 0 Å². The number of carbonyl (C=O) groups excluding carboxylic acids is 1. The van der Waals surface area contributed by atoms with Crippen molar-refractivity contribution in [3.8, 4) is 5.75 Å². The maximum Gasteiger partial charge on any atom is 0.264 e. The average Bonchev–Trinajstić information content (AvgIpc) is 3.14. The van der Waals surface area contributed by atoms with Crippen LogP contribution in [-0.4, -0.2) is 11.1 Å². The first-order chi connectivity index (χ1) is 15.9. The quantitative estimate of drug-likeness (QED) is 0.231. The van der Waals surface area contributed by atoms with Crippen molar-refractivity contribution in [1.82, 2.24) is 5.32 Å². The highest BCUT2D eigenvalue weighted by molar-refractivity contribution is 14.1. The monoisotopic (exact) mass is 608 g/mol. The highest BCUT2D eigenvalue weighted by atomic mass is 127. The number of ether oxygens (including phenoxy) is 1. The van der Waals surface area contributed by atoms with Gasteiger partial charge in [0, 0.05) is 0 Å². The van der Waals surface area contributed by atoms with E-state index in [0.29, 0.717) is 26.7 Å². The molecule has 4 rings (SSSR count). The van der Waals surface area contributed by atoms with Gasteiger partial charge in [0.25, 0.3) is 5.91 Å². The smallest absolute Gasteiger partial charge is 0.264 e. The number of nitrogens with one attached hydrogen (secondary N) is 1. The molecule has 1 amide bonds. The van der Waals surface area contributed by atoms with Crippen LogP contribution in [0, 0.1) is 3.57 Å². The zero-order valence-electron chi connectivity index (χ0n) is 17.6. The molecule has 8 heteroatoms. The van der Waals surface area contributed by atoms with Gasteiger partial charge < -0.3 is 10.1 Å². The van der Waals surface area contributed by atoms with E-state index in [1.54, 1.807) is 12.1 Å². The summed E-state index contributed by atoms with van der Waals surface area (Å²) in [5.74, 6) is 0.601. The van der Waals surface area contributed by atoms with E-state index in [1.165, 1.54) is 17.3 Å². The summed E-state index contributed by atoms with van der Waals surface area (Å²) in [6.45, 7) is 2.49. The summed E-state index contributed by atoms with van der Waals surface area (Å²) in [6.07, 6.45) is 2.83. The maximum atomic E-state index is 12.4.